The van der Waals surface area contributed by atoms with Gasteiger partial charge in [0.25, 0.3) is 0 Å². The molecule has 0 atom stereocenters. The third-order valence-corrected chi connectivity index (χ3v) is 8.86. The monoisotopic (exact) mass is 720 g/mol. The Morgan fingerprint density at radius 3 is 0.725 bits per heavy atom. The fourth-order valence-corrected chi connectivity index (χ4v) is 6.69. The van der Waals surface area contributed by atoms with E-state index < -0.39 is 0 Å². The number of nitrogens with zero attached hydrogens (tertiary/aromatic N) is 4. The zero-order valence-corrected chi connectivity index (χ0v) is 29.4. The second kappa shape index (κ2) is 14.8. The Labute approximate surface area is 306 Å². The molecule has 7 heteroatoms. The Bertz CT molecular complexity index is 2190. The predicted molar refractivity (Wildman–Crippen MR) is 208 cm³/mol. The van der Waals surface area contributed by atoms with Gasteiger partial charge in [-0.15, -0.1) is 22.1 Å². The van der Waals surface area contributed by atoms with Crippen LogP contribution in [-0.2, 0) is 0 Å². The first kappa shape index (κ1) is 34.8. The third kappa shape index (κ3) is 6.40. The summed E-state index contributed by atoms with van der Waals surface area (Å²) in [7, 11) is 0. The van der Waals surface area contributed by atoms with Gasteiger partial charge in [-0.3, -0.25) is 0 Å². The minimum Gasteiger partial charge on any atom is -0.870 e. The van der Waals surface area contributed by atoms with Gasteiger partial charge >= 0.3 is 17.6 Å². The maximum absolute atomic E-state index is 5.31. The summed E-state index contributed by atoms with van der Waals surface area (Å²) in [4.78, 5) is 21.2. The average Bonchev–Trinajstić information content (AvgIpc) is 3.98. The van der Waals surface area contributed by atoms with Gasteiger partial charge in [0.2, 0.25) is 0 Å². The van der Waals surface area contributed by atoms with E-state index in [0.717, 1.165) is 89.4 Å². The SMILES string of the molecule is C1=Cc2nc1c(-c1ccccc1)c1ccc([n-]1)c(-c1ccccc1)c1nc(c(-c3ccccc3)c3ccc([n-]3)c2-c2ccccc2)C=C1.[Ge+4].[OH-].[OH-]. The fourth-order valence-electron chi connectivity index (χ4n) is 6.69. The summed E-state index contributed by atoms with van der Waals surface area (Å²) in [5, 5.41) is 0. The van der Waals surface area contributed by atoms with E-state index in [1.165, 1.54) is 0 Å². The standard InChI is InChI=1S/C44H28N4.Ge.2H2O/c1-5-13-29(14-6-1)41-33-21-23-35(45-33)42(30-15-7-2-8-16-30)37-25-27-39(47-37)44(32-19-11-4-12-20-32)40-28-26-38(48-40)43(31-17-9-3-10-18-31)36-24-22-34(41)46-36;;;/h1-28H;;2*1H2/q-2;+4;;/p-2. The molecule has 2 N–H and O–H groups in total. The van der Waals surface area contributed by atoms with Crippen LogP contribution in [0.4, 0.5) is 0 Å². The predicted octanol–water partition coefficient (Wildman–Crippen LogP) is 9.85. The summed E-state index contributed by atoms with van der Waals surface area (Å²) in [6.07, 6.45) is 8.41. The van der Waals surface area contributed by atoms with Crippen molar-refractivity contribution in [2.24, 2.45) is 0 Å². The van der Waals surface area contributed by atoms with Crippen LogP contribution in [0.25, 0.3) is 90.9 Å². The minimum absolute atomic E-state index is 0. The number of rotatable bonds is 4. The van der Waals surface area contributed by atoms with Crippen LogP contribution in [0.1, 0.15) is 22.8 Å². The molecule has 5 heterocycles. The Kier molecular flexibility index (Phi) is 10.1. The van der Waals surface area contributed by atoms with Crippen molar-refractivity contribution in [1.29, 1.82) is 0 Å². The summed E-state index contributed by atoms with van der Waals surface area (Å²) >= 11 is 0. The van der Waals surface area contributed by atoms with Gasteiger partial charge in [0.15, 0.2) is 0 Å². The molecule has 0 saturated heterocycles. The second-order valence-electron chi connectivity index (χ2n) is 11.8. The van der Waals surface area contributed by atoms with Gasteiger partial charge in [-0.2, -0.15) is 0 Å². The molecule has 0 amide bonds. The number of hydrogen-bond acceptors (Lipinski definition) is 4. The molecule has 242 valence electrons. The van der Waals surface area contributed by atoms with Gasteiger partial charge in [0.1, 0.15) is 0 Å². The first-order valence-corrected chi connectivity index (χ1v) is 16.1. The maximum Gasteiger partial charge on any atom is 4.00 e. The number of fused-ring (bicyclic) bond motifs is 8. The molecule has 7 aromatic rings. The summed E-state index contributed by atoms with van der Waals surface area (Å²) < 4.78 is 0. The van der Waals surface area contributed by atoms with E-state index in [2.05, 4.69) is 146 Å². The van der Waals surface area contributed by atoms with E-state index in [1.807, 2.05) is 24.3 Å². The topological polar surface area (TPSA) is 114 Å². The molecule has 6 nitrogen and oxygen atoms in total. The Balaban J connectivity index is 0.00000149. The van der Waals surface area contributed by atoms with E-state index in [4.69, 9.17) is 19.9 Å². The Hall–Kier alpha value is -6.06. The first-order chi connectivity index (χ1) is 23.8. The zero-order chi connectivity index (χ0) is 31.9. The van der Waals surface area contributed by atoms with Crippen LogP contribution in [0.15, 0.2) is 146 Å². The number of aromatic nitrogens is 4. The van der Waals surface area contributed by atoms with Crippen molar-refractivity contribution < 1.29 is 11.0 Å². The van der Waals surface area contributed by atoms with Crippen molar-refractivity contribution in [3.63, 3.8) is 0 Å². The van der Waals surface area contributed by atoms with Gasteiger partial charge in [0.05, 0.1) is 22.8 Å². The second-order valence-corrected chi connectivity index (χ2v) is 11.8. The summed E-state index contributed by atoms with van der Waals surface area (Å²) in [6, 6.07) is 50.0. The molecule has 0 spiro atoms. The van der Waals surface area contributed by atoms with Crippen molar-refractivity contribution in [1.82, 2.24) is 19.9 Å². The maximum atomic E-state index is 5.31. The summed E-state index contributed by atoms with van der Waals surface area (Å²) in [5.41, 5.74) is 15.0. The molecule has 8 bridgehead atoms. The normalized spacial score (nSPS) is 11.3. The minimum atomic E-state index is 0. The smallest absolute Gasteiger partial charge is 0.870 e. The van der Waals surface area contributed by atoms with Crippen molar-refractivity contribution in [2.75, 3.05) is 0 Å². The van der Waals surface area contributed by atoms with Gasteiger partial charge in [0, 0.05) is 0 Å². The Morgan fingerprint density at radius 1 is 0.294 bits per heavy atom. The molecular formula is C44H30GeN4O2. The van der Waals surface area contributed by atoms with Crippen molar-refractivity contribution >= 4 is 64.0 Å². The molecular weight excluding hydrogens is 689 g/mol. The number of benzene rings is 4. The fraction of sp³-hybridized carbons (Fsp3) is 0. The molecule has 0 fully saturated rings. The van der Waals surface area contributed by atoms with Crippen LogP contribution in [0, 0.1) is 0 Å². The van der Waals surface area contributed by atoms with E-state index >= 15 is 0 Å². The molecule has 2 aliphatic heterocycles. The quantitative estimate of drug-likeness (QED) is 0.167. The van der Waals surface area contributed by atoms with Crippen molar-refractivity contribution in [3.05, 3.63) is 168 Å². The molecule has 3 aromatic heterocycles. The molecule has 0 radical (unpaired) electrons. The zero-order valence-electron chi connectivity index (χ0n) is 27.3. The molecule has 0 unspecified atom stereocenters. The van der Waals surface area contributed by atoms with Crippen LogP contribution in [0.3, 0.4) is 0 Å². The molecule has 2 aliphatic rings. The van der Waals surface area contributed by atoms with Crippen LogP contribution in [0.2, 0.25) is 0 Å². The van der Waals surface area contributed by atoms with Gasteiger partial charge < -0.3 is 20.9 Å². The van der Waals surface area contributed by atoms with Crippen LogP contribution in [0.5, 0.6) is 0 Å². The van der Waals surface area contributed by atoms with Crippen LogP contribution < -0.4 is 9.97 Å². The van der Waals surface area contributed by atoms with Gasteiger partial charge in [-0.1, -0.05) is 146 Å². The van der Waals surface area contributed by atoms with E-state index in [1.54, 1.807) is 0 Å². The van der Waals surface area contributed by atoms with E-state index in [9.17, 15) is 0 Å². The number of hydrogen-bond donors (Lipinski definition) is 0. The molecule has 0 saturated carbocycles. The van der Waals surface area contributed by atoms with Crippen molar-refractivity contribution in [3.8, 4) is 44.5 Å². The van der Waals surface area contributed by atoms with E-state index in [0.29, 0.717) is 0 Å². The van der Waals surface area contributed by atoms with Crippen LogP contribution >= 0.6 is 0 Å². The molecule has 9 rings (SSSR count). The first-order valence-electron chi connectivity index (χ1n) is 16.1. The largest absolute Gasteiger partial charge is 4.00 e. The van der Waals surface area contributed by atoms with Crippen molar-refractivity contribution in [2.45, 2.75) is 0 Å². The molecule has 4 aromatic carbocycles. The average molecular weight is 719 g/mol. The molecule has 51 heavy (non-hydrogen) atoms. The Morgan fingerprint density at radius 2 is 0.510 bits per heavy atom. The summed E-state index contributed by atoms with van der Waals surface area (Å²) in [6.45, 7) is 0. The third-order valence-electron chi connectivity index (χ3n) is 8.86. The van der Waals surface area contributed by atoms with E-state index in [-0.39, 0.29) is 28.5 Å². The van der Waals surface area contributed by atoms with Gasteiger partial charge in [-0.05, 0) is 68.8 Å². The van der Waals surface area contributed by atoms with Crippen LogP contribution in [-0.4, -0.2) is 38.5 Å². The molecule has 0 aliphatic carbocycles. The van der Waals surface area contributed by atoms with Gasteiger partial charge in [-0.25, -0.2) is 9.97 Å². The summed E-state index contributed by atoms with van der Waals surface area (Å²) in [5.74, 6) is 0.